The van der Waals surface area contributed by atoms with Crippen LogP contribution in [0.3, 0.4) is 0 Å². The van der Waals surface area contributed by atoms with Crippen LogP contribution in [0.25, 0.3) is 0 Å². The van der Waals surface area contributed by atoms with E-state index in [0.29, 0.717) is 17.1 Å². The van der Waals surface area contributed by atoms with Gasteiger partial charge in [0, 0.05) is 47.9 Å². The molecule has 2 aromatic carbocycles. The van der Waals surface area contributed by atoms with Crippen molar-refractivity contribution >= 4 is 22.9 Å². The highest BCUT2D eigenvalue weighted by atomic mass is 32.1. The summed E-state index contributed by atoms with van der Waals surface area (Å²) in [6, 6.07) is 15.5. The van der Waals surface area contributed by atoms with Crippen LogP contribution in [-0.2, 0) is 6.54 Å². The summed E-state index contributed by atoms with van der Waals surface area (Å²) in [6.07, 6.45) is 1.71. The first-order chi connectivity index (χ1) is 15.6. The van der Waals surface area contributed by atoms with Crippen molar-refractivity contribution in [3.8, 4) is 11.5 Å². The molecular formula is C25H27FN2O3S. The number of likely N-dealkylation sites (tertiary alicyclic amines) is 1. The molecule has 7 heteroatoms. The zero-order chi connectivity index (χ0) is 22.5. The fourth-order valence-corrected chi connectivity index (χ4v) is 4.90. The summed E-state index contributed by atoms with van der Waals surface area (Å²) in [5.74, 6) is 0.670. The average molecular weight is 455 g/mol. The molecule has 2 heterocycles. The third kappa shape index (κ3) is 4.95. The van der Waals surface area contributed by atoms with Gasteiger partial charge in [0.05, 0.1) is 14.2 Å². The number of thiophene rings is 1. The number of anilines is 1. The topological polar surface area (TPSA) is 42.0 Å². The number of hydrogen-bond acceptors (Lipinski definition) is 5. The second-order valence-electron chi connectivity index (χ2n) is 7.81. The summed E-state index contributed by atoms with van der Waals surface area (Å²) in [7, 11) is 3.17. The van der Waals surface area contributed by atoms with Crippen molar-refractivity contribution in [1.29, 1.82) is 0 Å². The smallest absolute Gasteiger partial charge is 0.258 e. The standard InChI is InChI=1S/C25H27FN2O3S/c1-30-23-10-9-21(16-24(23)31-2)28(25(29)18-5-7-19(26)8-6-18)20-11-13-27(14-12-20)17-22-4-3-15-32-22/h3-10,15-16,20H,11-14,17H2,1-2H3. The molecule has 0 aliphatic carbocycles. The molecule has 1 aliphatic heterocycles. The van der Waals surface area contributed by atoms with E-state index in [1.54, 1.807) is 25.6 Å². The summed E-state index contributed by atoms with van der Waals surface area (Å²) in [6.45, 7) is 2.75. The summed E-state index contributed by atoms with van der Waals surface area (Å²) in [4.78, 5) is 19.2. The largest absolute Gasteiger partial charge is 0.493 e. The first kappa shape index (κ1) is 22.3. The Kier molecular flexibility index (Phi) is 7.07. The van der Waals surface area contributed by atoms with Crippen LogP contribution in [0.2, 0.25) is 0 Å². The van der Waals surface area contributed by atoms with Gasteiger partial charge in [0.2, 0.25) is 0 Å². The van der Waals surface area contributed by atoms with Gasteiger partial charge in [-0.3, -0.25) is 9.69 Å². The molecule has 0 bridgehead atoms. The van der Waals surface area contributed by atoms with Crippen LogP contribution in [0.4, 0.5) is 10.1 Å². The molecule has 3 aromatic rings. The van der Waals surface area contributed by atoms with E-state index in [4.69, 9.17) is 9.47 Å². The van der Waals surface area contributed by atoms with Crippen LogP contribution in [0.15, 0.2) is 60.0 Å². The molecule has 0 spiro atoms. The first-order valence-corrected chi connectivity index (χ1v) is 11.5. The van der Waals surface area contributed by atoms with Crippen LogP contribution in [0, 0.1) is 5.82 Å². The zero-order valence-electron chi connectivity index (χ0n) is 18.3. The molecule has 0 unspecified atom stereocenters. The Balaban J connectivity index is 1.59. The number of piperidine rings is 1. The lowest BCUT2D eigenvalue weighted by Crippen LogP contribution is -2.47. The second kappa shape index (κ2) is 10.1. The summed E-state index contributed by atoms with van der Waals surface area (Å²) in [5.41, 5.74) is 1.20. The fraction of sp³-hybridized carbons (Fsp3) is 0.320. The summed E-state index contributed by atoms with van der Waals surface area (Å²) < 4.78 is 24.3. The first-order valence-electron chi connectivity index (χ1n) is 10.6. The van der Waals surface area contributed by atoms with E-state index in [1.165, 1.54) is 29.1 Å². The highest BCUT2D eigenvalue weighted by molar-refractivity contribution is 7.09. The Hall–Kier alpha value is -2.90. The van der Waals surface area contributed by atoms with E-state index in [1.807, 2.05) is 23.1 Å². The highest BCUT2D eigenvalue weighted by Crippen LogP contribution is 2.34. The number of rotatable bonds is 7. The molecule has 0 saturated carbocycles. The molecule has 1 amide bonds. The number of amides is 1. The van der Waals surface area contributed by atoms with Crippen molar-refractivity contribution in [1.82, 2.24) is 4.90 Å². The molecule has 4 rings (SSSR count). The maximum Gasteiger partial charge on any atom is 0.258 e. The Morgan fingerprint density at radius 3 is 2.41 bits per heavy atom. The lowest BCUT2D eigenvalue weighted by molar-refractivity contribution is 0.0958. The molecule has 5 nitrogen and oxygen atoms in total. The normalized spacial score (nSPS) is 14.8. The van der Waals surface area contributed by atoms with Crippen LogP contribution < -0.4 is 14.4 Å². The number of ether oxygens (including phenoxy) is 2. The predicted octanol–water partition coefficient (Wildman–Crippen LogP) is 5.22. The second-order valence-corrected chi connectivity index (χ2v) is 8.84. The van der Waals surface area contributed by atoms with E-state index < -0.39 is 0 Å². The van der Waals surface area contributed by atoms with E-state index in [-0.39, 0.29) is 17.8 Å². The van der Waals surface area contributed by atoms with Gasteiger partial charge < -0.3 is 14.4 Å². The van der Waals surface area contributed by atoms with Crippen molar-refractivity contribution in [2.45, 2.75) is 25.4 Å². The molecule has 0 radical (unpaired) electrons. The number of methoxy groups -OCH3 is 2. The number of nitrogens with zero attached hydrogens (tertiary/aromatic N) is 2. The minimum absolute atomic E-state index is 0.0326. The van der Waals surface area contributed by atoms with Gasteiger partial charge in [-0.2, -0.15) is 0 Å². The monoisotopic (exact) mass is 454 g/mol. The maximum absolute atomic E-state index is 13.6. The Bertz CT molecular complexity index is 1030. The number of halogens is 1. The van der Waals surface area contributed by atoms with Crippen molar-refractivity contribution in [3.05, 3.63) is 76.2 Å². The minimum atomic E-state index is -0.360. The summed E-state index contributed by atoms with van der Waals surface area (Å²) in [5, 5.41) is 2.10. The predicted molar refractivity (Wildman–Crippen MR) is 125 cm³/mol. The third-order valence-electron chi connectivity index (χ3n) is 5.84. The molecule has 1 aromatic heterocycles. The molecule has 32 heavy (non-hydrogen) atoms. The maximum atomic E-state index is 13.6. The van der Waals surface area contributed by atoms with Gasteiger partial charge in [-0.05, 0) is 60.7 Å². The van der Waals surface area contributed by atoms with Crippen LogP contribution in [0.5, 0.6) is 11.5 Å². The van der Waals surface area contributed by atoms with Gasteiger partial charge in [-0.25, -0.2) is 4.39 Å². The highest BCUT2D eigenvalue weighted by Gasteiger charge is 2.30. The lowest BCUT2D eigenvalue weighted by Gasteiger charge is -2.38. The van der Waals surface area contributed by atoms with Crippen molar-refractivity contribution < 1.29 is 18.7 Å². The molecule has 0 atom stereocenters. The van der Waals surface area contributed by atoms with E-state index in [9.17, 15) is 9.18 Å². The van der Waals surface area contributed by atoms with Crippen molar-refractivity contribution in [2.24, 2.45) is 0 Å². The van der Waals surface area contributed by atoms with Gasteiger partial charge in [-0.1, -0.05) is 6.07 Å². The van der Waals surface area contributed by atoms with Crippen molar-refractivity contribution in [2.75, 3.05) is 32.2 Å². The quantitative estimate of drug-likeness (QED) is 0.491. The average Bonchev–Trinajstić information content (AvgIpc) is 3.33. The molecule has 168 valence electrons. The number of benzene rings is 2. The molecule has 0 N–H and O–H groups in total. The van der Waals surface area contributed by atoms with Gasteiger partial charge in [0.15, 0.2) is 11.5 Å². The van der Waals surface area contributed by atoms with Crippen LogP contribution in [-0.4, -0.2) is 44.2 Å². The molecule has 1 fully saturated rings. The third-order valence-corrected chi connectivity index (χ3v) is 6.70. The fourth-order valence-electron chi connectivity index (χ4n) is 4.16. The van der Waals surface area contributed by atoms with E-state index in [2.05, 4.69) is 22.4 Å². The Morgan fingerprint density at radius 1 is 1.06 bits per heavy atom. The minimum Gasteiger partial charge on any atom is -0.493 e. The number of carbonyl (C=O) groups excluding carboxylic acids is 1. The SMILES string of the molecule is COc1ccc(N(C(=O)c2ccc(F)cc2)C2CCN(Cc3cccs3)CC2)cc1OC. The van der Waals surface area contributed by atoms with Gasteiger partial charge >= 0.3 is 0 Å². The molecular weight excluding hydrogens is 427 g/mol. The Morgan fingerprint density at radius 2 is 1.78 bits per heavy atom. The van der Waals surface area contributed by atoms with Crippen LogP contribution in [0.1, 0.15) is 28.1 Å². The van der Waals surface area contributed by atoms with E-state index in [0.717, 1.165) is 38.2 Å². The molecule has 1 saturated heterocycles. The Labute approximate surface area is 192 Å². The van der Waals surface area contributed by atoms with Gasteiger partial charge in [0.1, 0.15) is 5.82 Å². The lowest BCUT2D eigenvalue weighted by atomic mass is 10.0. The van der Waals surface area contributed by atoms with Gasteiger partial charge in [-0.15, -0.1) is 11.3 Å². The zero-order valence-corrected chi connectivity index (χ0v) is 19.1. The van der Waals surface area contributed by atoms with E-state index >= 15 is 0 Å². The molecule has 1 aliphatic rings. The van der Waals surface area contributed by atoms with Gasteiger partial charge in [0.25, 0.3) is 5.91 Å². The van der Waals surface area contributed by atoms with Crippen molar-refractivity contribution in [3.63, 3.8) is 0 Å². The van der Waals surface area contributed by atoms with Crippen LogP contribution >= 0.6 is 11.3 Å². The number of carbonyl (C=O) groups is 1. The summed E-state index contributed by atoms with van der Waals surface area (Å²) >= 11 is 1.77. The number of hydrogen-bond donors (Lipinski definition) is 0.